The Morgan fingerprint density at radius 3 is 2.23 bits per heavy atom. The zero-order chi connectivity index (χ0) is 17.5. The number of carboxylic acid groups (broad SMARTS) is 1. The van der Waals surface area contributed by atoms with Gasteiger partial charge in [-0.1, -0.05) is 45.9 Å². The number of carbonyl (C=O) groups excluding carboxylic acids is 1. The van der Waals surface area contributed by atoms with E-state index in [0.29, 0.717) is 12.3 Å². The number of rotatable bonds is 6. The Kier molecular flexibility index (Phi) is 14.7. The number of benzene rings is 1. The quantitative estimate of drug-likeness (QED) is 0.788. The number of carboxylic acids is 1. The fourth-order valence-corrected chi connectivity index (χ4v) is 1.63. The minimum absolute atomic E-state index is 0.103. The van der Waals surface area contributed by atoms with Crippen molar-refractivity contribution in [3.63, 3.8) is 0 Å². The highest BCUT2D eigenvalue weighted by molar-refractivity contribution is 5.70. The third kappa shape index (κ3) is 12.1. The maximum Gasteiger partial charge on any atom is 0.307 e. The van der Waals surface area contributed by atoms with Crippen LogP contribution in [0.5, 0.6) is 0 Å². The van der Waals surface area contributed by atoms with Crippen molar-refractivity contribution in [2.45, 2.75) is 54.0 Å². The minimum atomic E-state index is -0.783. The average molecular weight is 309 g/mol. The second kappa shape index (κ2) is 14.3. The first-order chi connectivity index (χ1) is 10.4. The molecule has 0 aliphatic carbocycles. The number of carbonyl (C=O) groups is 2. The highest BCUT2D eigenvalue weighted by Gasteiger charge is 2.04. The van der Waals surface area contributed by atoms with Crippen molar-refractivity contribution in [2.24, 2.45) is 5.92 Å². The predicted octanol–water partition coefficient (Wildman–Crippen LogP) is 3.60. The summed E-state index contributed by atoms with van der Waals surface area (Å²) < 4.78 is 0. The summed E-state index contributed by atoms with van der Waals surface area (Å²) in [5.41, 5.74) is 3.11. The first-order valence-electron chi connectivity index (χ1n) is 7.79. The molecule has 126 valence electrons. The number of nitrogens with one attached hydrogen (secondary N) is 1. The summed E-state index contributed by atoms with van der Waals surface area (Å²) in [4.78, 5) is 20.1. The molecule has 0 aliphatic rings. The van der Waals surface area contributed by atoms with Gasteiger partial charge < -0.3 is 15.2 Å². The van der Waals surface area contributed by atoms with Crippen molar-refractivity contribution in [2.75, 3.05) is 7.05 Å². The Balaban J connectivity index is 0. The number of aliphatic carboxylic acids is 1. The molecule has 0 spiro atoms. The summed E-state index contributed by atoms with van der Waals surface area (Å²) >= 11 is 0. The third-order valence-corrected chi connectivity index (χ3v) is 2.70. The van der Waals surface area contributed by atoms with Crippen LogP contribution in [-0.2, 0) is 22.6 Å². The van der Waals surface area contributed by atoms with E-state index < -0.39 is 5.97 Å². The van der Waals surface area contributed by atoms with E-state index in [1.165, 1.54) is 5.56 Å². The molecule has 22 heavy (non-hydrogen) atoms. The predicted molar refractivity (Wildman–Crippen MR) is 92.1 cm³/mol. The smallest absolute Gasteiger partial charge is 0.307 e. The lowest BCUT2D eigenvalue weighted by Crippen LogP contribution is -2.07. The summed E-state index contributed by atoms with van der Waals surface area (Å²) in [5, 5.41) is 11.7. The molecule has 0 unspecified atom stereocenters. The second-order valence-corrected chi connectivity index (χ2v) is 5.16. The van der Waals surface area contributed by atoms with Crippen LogP contribution < -0.4 is 5.32 Å². The van der Waals surface area contributed by atoms with E-state index in [-0.39, 0.29) is 6.42 Å². The van der Waals surface area contributed by atoms with Crippen molar-refractivity contribution in [1.29, 1.82) is 0 Å². The van der Waals surface area contributed by atoms with Crippen molar-refractivity contribution >= 4 is 12.3 Å². The van der Waals surface area contributed by atoms with Gasteiger partial charge in [-0.15, -0.1) is 0 Å². The number of aldehydes is 1. The molecule has 0 heterocycles. The average Bonchev–Trinajstić information content (AvgIpc) is 2.44. The van der Waals surface area contributed by atoms with Gasteiger partial charge >= 0.3 is 5.97 Å². The number of aryl methyl sites for hydroxylation is 1. The molecule has 0 fully saturated rings. The van der Waals surface area contributed by atoms with Gasteiger partial charge in [0.2, 0.25) is 0 Å². The van der Waals surface area contributed by atoms with Crippen LogP contribution in [0.4, 0.5) is 0 Å². The van der Waals surface area contributed by atoms with Crippen LogP contribution in [0.1, 0.15) is 50.8 Å². The topological polar surface area (TPSA) is 66.4 Å². The molecule has 4 heteroatoms. The molecule has 1 aromatic carbocycles. The highest BCUT2D eigenvalue weighted by atomic mass is 16.4. The normalized spacial score (nSPS) is 9.23. The molecule has 0 amide bonds. The van der Waals surface area contributed by atoms with Crippen LogP contribution in [0.2, 0.25) is 0 Å². The summed E-state index contributed by atoms with van der Waals surface area (Å²) in [7, 11) is 1.89. The van der Waals surface area contributed by atoms with Gasteiger partial charge in [0.05, 0.1) is 6.42 Å². The maximum absolute atomic E-state index is 10.5. The van der Waals surface area contributed by atoms with Crippen LogP contribution in [0.3, 0.4) is 0 Å². The Morgan fingerprint density at radius 1 is 1.32 bits per heavy atom. The first kappa shape index (κ1) is 22.6. The van der Waals surface area contributed by atoms with Gasteiger partial charge in [0.1, 0.15) is 6.29 Å². The van der Waals surface area contributed by atoms with E-state index in [9.17, 15) is 9.59 Å². The van der Waals surface area contributed by atoms with Gasteiger partial charge in [0, 0.05) is 13.0 Å². The largest absolute Gasteiger partial charge is 0.481 e. The van der Waals surface area contributed by atoms with Crippen LogP contribution in [0.25, 0.3) is 0 Å². The van der Waals surface area contributed by atoms with E-state index in [2.05, 4.69) is 5.32 Å². The Hall–Kier alpha value is -1.68. The van der Waals surface area contributed by atoms with E-state index in [0.717, 1.165) is 24.0 Å². The molecule has 2 N–H and O–H groups in total. The molecule has 4 nitrogen and oxygen atoms in total. The molecule has 1 aromatic rings. The maximum atomic E-state index is 10.5. The molecule has 0 atom stereocenters. The molecular weight excluding hydrogens is 278 g/mol. The van der Waals surface area contributed by atoms with Crippen molar-refractivity contribution < 1.29 is 14.7 Å². The summed E-state index contributed by atoms with van der Waals surface area (Å²) in [5.74, 6) is -0.253. The standard InChI is InChI=1S/C11H15NO2.C5H10O.C2H6/c1-8-5-9(7-12-2)3-4-10(8)6-11(13)14;1-5(2)3-4-6;1-2/h3-5,12H,6-7H2,1-2H3,(H,13,14);4-5H,3H2,1-2H3;1-2H3. The first-order valence-corrected chi connectivity index (χ1v) is 7.79. The summed E-state index contributed by atoms with van der Waals surface area (Å²) in [6.07, 6.45) is 1.75. The van der Waals surface area contributed by atoms with Gasteiger partial charge in [-0.2, -0.15) is 0 Å². The summed E-state index contributed by atoms with van der Waals surface area (Å²) in [6, 6.07) is 5.87. The van der Waals surface area contributed by atoms with E-state index >= 15 is 0 Å². The Morgan fingerprint density at radius 2 is 1.91 bits per heavy atom. The zero-order valence-corrected chi connectivity index (χ0v) is 14.8. The third-order valence-electron chi connectivity index (χ3n) is 2.70. The minimum Gasteiger partial charge on any atom is -0.481 e. The van der Waals surface area contributed by atoms with Gasteiger partial charge in [-0.25, -0.2) is 0 Å². The van der Waals surface area contributed by atoms with Crippen LogP contribution in [0.15, 0.2) is 18.2 Å². The Labute approximate surface area is 134 Å². The van der Waals surface area contributed by atoms with Crippen LogP contribution >= 0.6 is 0 Å². The SMILES string of the molecule is CC.CC(C)CC=O.CNCc1ccc(CC(=O)O)c(C)c1. The molecule has 0 saturated heterocycles. The lowest BCUT2D eigenvalue weighted by Gasteiger charge is -2.06. The van der Waals surface area contributed by atoms with Crippen LogP contribution in [0, 0.1) is 12.8 Å². The molecule has 0 bridgehead atoms. The Bertz CT molecular complexity index is 428. The number of hydrogen-bond acceptors (Lipinski definition) is 3. The lowest BCUT2D eigenvalue weighted by molar-refractivity contribution is -0.136. The molecular formula is C18H31NO3. The highest BCUT2D eigenvalue weighted by Crippen LogP contribution is 2.11. The van der Waals surface area contributed by atoms with Crippen molar-refractivity contribution in [3.8, 4) is 0 Å². The molecule has 0 radical (unpaired) electrons. The van der Waals surface area contributed by atoms with E-state index in [1.54, 1.807) is 0 Å². The fourth-order valence-electron chi connectivity index (χ4n) is 1.63. The number of hydrogen-bond donors (Lipinski definition) is 2. The van der Waals surface area contributed by atoms with Gasteiger partial charge in [-0.05, 0) is 36.6 Å². The van der Waals surface area contributed by atoms with E-state index in [4.69, 9.17) is 5.11 Å². The molecule has 1 rings (SSSR count). The summed E-state index contributed by atoms with van der Waals surface area (Å²) in [6.45, 7) is 10.8. The molecule has 0 aromatic heterocycles. The van der Waals surface area contributed by atoms with Gasteiger partial charge in [0.15, 0.2) is 0 Å². The van der Waals surface area contributed by atoms with Crippen molar-refractivity contribution in [1.82, 2.24) is 5.32 Å². The zero-order valence-electron chi connectivity index (χ0n) is 14.8. The molecule has 0 saturated carbocycles. The van der Waals surface area contributed by atoms with Gasteiger partial charge in [0.25, 0.3) is 0 Å². The lowest BCUT2D eigenvalue weighted by atomic mass is 10.0. The second-order valence-electron chi connectivity index (χ2n) is 5.16. The van der Waals surface area contributed by atoms with Crippen LogP contribution in [-0.4, -0.2) is 24.4 Å². The van der Waals surface area contributed by atoms with E-state index in [1.807, 2.05) is 59.9 Å². The monoisotopic (exact) mass is 309 g/mol. The van der Waals surface area contributed by atoms with Gasteiger partial charge in [-0.3, -0.25) is 4.79 Å². The molecule has 0 aliphatic heterocycles. The fraction of sp³-hybridized carbons (Fsp3) is 0.556. The van der Waals surface area contributed by atoms with Crippen molar-refractivity contribution in [3.05, 3.63) is 34.9 Å².